The van der Waals surface area contributed by atoms with Crippen LogP contribution in [0.15, 0.2) is 200 Å². The monoisotopic (exact) mass is 729 g/mol. The smallest absolute Gasteiger partial charge is 0.0541 e. The molecule has 10 aromatic rings. The van der Waals surface area contributed by atoms with Crippen LogP contribution < -0.4 is 4.90 Å². The third-order valence-corrected chi connectivity index (χ3v) is 12.1. The number of rotatable bonds is 6. The molecule has 0 radical (unpaired) electrons. The van der Waals surface area contributed by atoms with Crippen LogP contribution in [-0.4, -0.2) is 9.55 Å². The van der Waals surface area contributed by atoms with E-state index in [4.69, 9.17) is 0 Å². The summed E-state index contributed by atoms with van der Waals surface area (Å²) in [4.78, 5) is 6.89. The number of fused-ring (bicyclic) bond motifs is 7. The van der Waals surface area contributed by atoms with Crippen molar-refractivity contribution in [3.63, 3.8) is 0 Å². The molecule has 11 rings (SSSR count). The molecule has 3 nitrogen and oxygen atoms in total. The maximum atomic E-state index is 4.44. The highest BCUT2D eigenvalue weighted by molar-refractivity contribution is 6.12. The largest absolute Gasteiger partial charge is 0.310 e. The maximum Gasteiger partial charge on any atom is 0.0541 e. The number of anilines is 3. The van der Waals surface area contributed by atoms with E-state index in [0.29, 0.717) is 0 Å². The zero-order valence-electron chi connectivity index (χ0n) is 31.9. The third kappa shape index (κ3) is 5.23. The molecule has 0 saturated heterocycles. The van der Waals surface area contributed by atoms with Gasteiger partial charge in [0.15, 0.2) is 0 Å². The summed E-state index contributed by atoms with van der Waals surface area (Å²) in [5, 5.41) is 4.90. The van der Waals surface area contributed by atoms with E-state index in [1.807, 2.05) is 18.5 Å². The summed E-state index contributed by atoms with van der Waals surface area (Å²) in [5.74, 6) is 0. The molecule has 1 aliphatic rings. The van der Waals surface area contributed by atoms with E-state index >= 15 is 0 Å². The number of pyridine rings is 1. The predicted octanol–water partition coefficient (Wildman–Crippen LogP) is 14.4. The minimum absolute atomic E-state index is 0.126. The fraction of sp³-hybridized carbons (Fsp3) is 0.0556. The molecule has 3 heteroatoms. The Morgan fingerprint density at radius 3 is 2.00 bits per heavy atom. The second kappa shape index (κ2) is 12.9. The lowest BCUT2D eigenvalue weighted by Crippen LogP contribution is -2.16. The zero-order chi connectivity index (χ0) is 38.1. The molecular weight excluding hydrogens is 691 g/mol. The number of aromatic nitrogens is 2. The third-order valence-electron chi connectivity index (χ3n) is 12.1. The molecule has 0 fully saturated rings. The van der Waals surface area contributed by atoms with Crippen molar-refractivity contribution in [2.24, 2.45) is 0 Å². The molecule has 2 heterocycles. The Kier molecular flexibility index (Phi) is 7.52. The molecule has 0 aliphatic heterocycles. The Morgan fingerprint density at radius 1 is 0.439 bits per heavy atom. The van der Waals surface area contributed by atoms with Gasteiger partial charge in [-0.1, -0.05) is 135 Å². The van der Waals surface area contributed by atoms with E-state index < -0.39 is 0 Å². The topological polar surface area (TPSA) is 21.1 Å². The molecule has 0 amide bonds. The van der Waals surface area contributed by atoms with Crippen LogP contribution in [0.4, 0.5) is 17.1 Å². The second-order valence-electron chi connectivity index (χ2n) is 15.6. The molecular formula is C54H39N3. The molecule has 8 aromatic carbocycles. The Morgan fingerprint density at radius 2 is 1.14 bits per heavy atom. The van der Waals surface area contributed by atoms with Crippen LogP contribution in [0.1, 0.15) is 25.0 Å². The van der Waals surface area contributed by atoms with Crippen molar-refractivity contribution in [3.05, 3.63) is 212 Å². The van der Waals surface area contributed by atoms with Gasteiger partial charge in [-0.15, -0.1) is 0 Å². The van der Waals surface area contributed by atoms with Crippen LogP contribution in [0, 0.1) is 0 Å². The van der Waals surface area contributed by atoms with Gasteiger partial charge in [0.2, 0.25) is 0 Å². The Hall–Kier alpha value is -7.23. The first-order valence-electron chi connectivity index (χ1n) is 19.7. The number of benzene rings is 8. The maximum absolute atomic E-state index is 4.44. The standard InChI is InChI=1S/C54H39N3/c1-54(2)49-23-10-8-20-44(49)45-27-26-41(34-50(45)54)56(40-18-12-14-36(32-40)38-15-13-31-55-35-38)52-30-28-42(43-19-6-7-21-46(43)52)37-25-29-53-48(33-37)47-22-9-11-24-51(47)57(53)39-16-4-3-5-17-39/h3-35H,1-2H3. The summed E-state index contributed by atoms with van der Waals surface area (Å²) in [6.07, 6.45) is 3.77. The number of para-hydroxylation sites is 2. The Bertz CT molecular complexity index is 3160. The minimum Gasteiger partial charge on any atom is -0.310 e. The Balaban J connectivity index is 1.11. The van der Waals surface area contributed by atoms with Crippen molar-refractivity contribution in [2.75, 3.05) is 4.90 Å². The average molecular weight is 730 g/mol. The van der Waals surface area contributed by atoms with Gasteiger partial charge in [0.05, 0.1) is 16.7 Å². The summed E-state index contributed by atoms with van der Waals surface area (Å²) in [5.41, 5.74) is 16.8. The van der Waals surface area contributed by atoms with Gasteiger partial charge in [0.1, 0.15) is 0 Å². The second-order valence-corrected chi connectivity index (χ2v) is 15.6. The van der Waals surface area contributed by atoms with E-state index in [0.717, 1.165) is 33.9 Å². The van der Waals surface area contributed by atoms with Gasteiger partial charge in [-0.25, -0.2) is 0 Å². The van der Waals surface area contributed by atoms with Crippen LogP contribution >= 0.6 is 0 Å². The number of hydrogen-bond donors (Lipinski definition) is 0. The first-order valence-corrected chi connectivity index (χ1v) is 19.7. The highest BCUT2D eigenvalue weighted by Crippen LogP contribution is 2.51. The summed E-state index contributed by atoms with van der Waals surface area (Å²) in [7, 11) is 0. The van der Waals surface area contributed by atoms with Crippen molar-refractivity contribution in [1.82, 2.24) is 9.55 Å². The zero-order valence-corrected chi connectivity index (χ0v) is 31.9. The van der Waals surface area contributed by atoms with Gasteiger partial charge in [0.25, 0.3) is 0 Å². The summed E-state index contributed by atoms with van der Waals surface area (Å²) >= 11 is 0. The predicted molar refractivity (Wildman–Crippen MR) is 239 cm³/mol. The number of nitrogens with zero attached hydrogens (tertiary/aromatic N) is 3. The van der Waals surface area contributed by atoms with Gasteiger partial charge in [-0.2, -0.15) is 0 Å². The van der Waals surface area contributed by atoms with Crippen molar-refractivity contribution in [1.29, 1.82) is 0 Å². The molecule has 0 spiro atoms. The van der Waals surface area contributed by atoms with Crippen molar-refractivity contribution >= 4 is 49.6 Å². The van der Waals surface area contributed by atoms with E-state index in [2.05, 4.69) is 210 Å². The molecule has 1 aliphatic carbocycles. The van der Waals surface area contributed by atoms with Crippen LogP contribution in [0.5, 0.6) is 0 Å². The first-order chi connectivity index (χ1) is 28.0. The fourth-order valence-corrected chi connectivity index (χ4v) is 9.34. The lowest BCUT2D eigenvalue weighted by molar-refractivity contribution is 0.660. The molecule has 0 bridgehead atoms. The van der Waals surface area contributed by atoms with E-state index in [-0.39, 0.29) is 5.41 Å². The highest BCUT2D eigenvalue weighted by atomic mass is 15.1. The average Bonchev–Trinajstić information content (AvgIpc) is 3.72. The molecule has 0 unspecified atom stereocenters. The quantitative estimate of drug-likeness (QED) is 0.170. The molecule has 270 valence electrons. The minimum atomic E-state index is -0.126. The van der Waals surface area contributed by atoms with Gasteiger partial charge in [-0.3, -0.25) is 4.98 Å². The first kappa shape index (κ1) is 33.1. The van der Waals surface area contributed by atoms with Gasteiger partial charge in [0, 0.05) is 56.6 Å². The van der Waals surface area contributed by atoms with E-state index in [1.54, 1.807) is 0 Å². The van der Waals surface area contributed by atoms with Crippen LogP contribution in [-0.2, 0) is 5.41 Å². The normalized spacial score (nSPS) is 12.9. The lowest BCUT2D eigenvalue weighted by Gasteiger charge is -2.30. The van der Waals surface area contributed by atoms with Crippen molar-refractivity contribution in [3.8, 4) is 39.1 Å². The molecule has 0 N–H and O–H groups in total. The lowest BCUT2D eigenvalue weighted by atomic mass is 9.82. The molecule has 57 heavy (non-hydrogen) atoms. The van der Waals surface area contributed by atoms with Crippen molar-refractivity contribution in [2.45, 2.75) is 19.3 Å². The SMILES string of the molecule is CC1(C)c2ccccc2-c2ccc(N(c3cccc(-c4cccnc4)c3)c3ccc(-c4ccc5c(c4)c4ccccc4n5-c4ccccc4)c4ccccc34)cc21. The molecule has 2 aromatic heterocycles. The van der Waals surface area contributed by atoms with E-state index in [1.165, 1.54) is 66.0 Å². The fourth-order valence-electron chi connectivity index (χ4n) is 9.34. The molecule has 0 atom stereocenters. The summed E-state index contributed by atoms with van der Waals surface area (Å²) in [6, 6.07) is 68.8. The van der Waals surface area contributed by atoms with Crippen LogP contribution in [0.25, 0.3) is 71.6 Å². The van der Waals surface area contributed by atoms with E-state index in [9.17, 15) is 0 Å². The van der Waals surface area contributed by atoms with Crippen molar-refractivity contribution < 1.29 is 0 Å². The Labute approximate surface area is 332 Å². The summed E-state index contributed by atoms with van der Waals surface area (Å²) < 4.78 is 2.38. The van der Waals surface area contributed by atoms with Crippen LogP contribution in [0.3, 0.4) is 0 Å². The summed E-state index contributed by atoms with van der Waals surface area (Å²) in [6.45, 7) is 4.71. The highest BCUT2D eigenvalue weighted by Gasteiger charge is 2.36. The van der Waals surface area contributed by atoms with Gasteiger partial charge >= 0.3 is 0 Å². The number of hydrogen-bond acceptors (Lipinski definition) is 2. The van der Waals surface area contributed by atoms with Crippen LogP contribution in [0.2, 0.25) is 0 Å². The van der Waals surface area contributed by atoms with Gasteiger partial charge < -0.3 is 9.47 Å². The van der Waals surface area contributed by atoms with Gasteiger partial charge in [-0.05, 0) is 111 Å². The molecule has 0 saturated carbocycles.